The number of ether oxygens (including phenoxy) is 2. The number of nitrogens with zero attached hydrogens (tertiary/aromatic N) is 2. The van der Waals surface area contributed by atoms with Crippen LogP contribution in [0.4, 0.5) is 5.82 Å². The minimum Gasteiger partial charge on any atom is -0.378 e. The van der Waals surface area contributed by atoms with E-state index in [2.05, 4.69) is 45.1 Å². The lowest BCUT2D eigenvalue weighted by Gasteiger charge is -2.16. The second-order valence-corrected chi connectivity index (χ2v) is 4.98. The first-order valence-corrected chi connectivity index (χ1v) is 7.29. The summed E-state index contributed by atoms with van der Waals surface area (Å²) in [6, 6.07) is 0. The van der Waals surface area contributed by atoms with E-state index in [1.807, 2.05) is 0 Å². The predicted octanol–water partition coefficient (Wildman–Crippen LogP) is 3.30. The zero-order chi connectivity index (χ0) is 14.3. The van der Waals surface area contributed by atoms with Gasteiger partial charge in [-0.15, -0.1) is 0 Å². The number of aromatic nitrogens is 2. The second-order valence-electron chi connectivity index (χ2n) is 4.18. The molecule has 0 aliphatic heterocycles. The summed E-state index contributed by atoms with van der Waals surface area (Å²) in [6.45, 7) is 5.47. The second kappa shape index (κ2) is 8.45. The van der Waals surface area contributed by atoms with Gasteiger partial charge in [-0.3, -0.25) is 0 Å². The molecule has 1 aromatic heterocycles. The summed E-state index contributed by atoms with van der Waals surface area (Å²) in [4.78, 5) is 9.07. The predicted molar refractivity (Wildman–Crippen MR) is 79.3 cm³/mol. The number of nitrogens with one attached hydrogen (secondary N) is 1. The average molecular weight is 332 g/mol. The van der Waals surface area contributed by atoms with E-state index in [0.717, 1.165) is 35.4 Å². The zero-order valence-corrected chi connectivity index (χ0v) is 13.6. The van der Waals surface area contributed by atoms with E-state index >= 15 is 0 Å². The average Bonchev–Trinajstić information content (AvgIpc) is 2.42. The molecule has 1 N–H and O–H groups in total. The Morgan fingerprint density at radius 3 is 2.53 bits per heavy atom. The Hall–Kier alpha value is -0.720. The molecule has 0 aliphatic carbocycles. The van der Waals surface area contributed by atoms with Gasteiger partial charge in [-0.05, 0) is 28.8 Å². The van der Waals surface area contributed by atoms with Gasteiger partial charge >= 0.3 is 0 Å². The van der Waals surface area contributed by atoms with Crippen LogP contribution in [-0.2, 0) is 16.1 Å². The van der Waals surface area contributed by atoms with Crippen molar-refractivity contribution in [3.63, 3.8) is 0 Å². The summed E-state index contributed by atoms with van der Waals surface area (Å²) in [5.74, 6) is 1.49. The highest BCUT2D eigenvalue weighted by molar-refractivity contribution is 9.10. The molecule has 5 nitrogen and oxygen atoms in total. The number of hydrogen-bond donors (Lipinski definition) is 1. The molecule has 0 fully saturated rings. The summed E-state index contributed by atoms with van der Waals surface area (Å²) in [7, 11) is 3.33. The molecule has 0 bridgehead atoms. The van der Waals surface area contributed by atoms with Crippen molar-refractivity contribution < 1.29 is 9.47 Å². The van der Waals surface area contributed by atoms with Crippen molar-refractivity contribution in [1.82, 2.24) is 9.97 Å². The molecule has 1 rings (SSSR count). The molecular formula is C13H22BrN3O2. The van der Waals surface area contributed by atoms with Gasteiger partial charge in [0, 0.05) is 20.8 Å². The highest BCUT2D eigenvalue weighted by Crippen LogP contribution is 2.27. The van der Waals surface area contributed by atoms with E-state index in [4.69, 9.17) is 9.47 Å². The fourth-order valence-electron chi connectivity index (χ4n) is 1.70. The lowest BCUT2D eigenvalue weighted by Crippen LogP contribution is -2.13. The van der Waals surface area contributed by atoms with Crippen LogP contribution in [0.1, 0.15) is 44.3 Å². The summed E-state index contributed by atoms with van der Waals surface area (Å²) in [5.41, 5.74) is 0.835. The Morgan fingerprint density at radius 2 is 2.00 bits per heavy atom. The first kappa shape index (κ1) is 16.3. The molecule has 1 heterocycles. The normalized spacial score (nSPS) is 12.5. The molecule has 0 spiro atoms. The standard InChI is InChI=1S/C13H22BrN3O2/c1-5-7-15-13-11(14)9(8-18-3)16-12(17-13)10(6-2)19-4/h10H,5-8H2,1-4H3,(H,15,16,17). The van der Waals surface area contributed by atoms with E-state index in [-0.39, 0.29) is 6.10 Å². The summed E-state index contributed by atoms with van der Waals surface area (Å²) in [6.07, 6.45) is 1.77. The van der Waals surface area contributed by atoms with Crippen LogP contribution < -0.4 is 5.32 Å². The zero-order valence-electron chi connectivity index (χ0n) is 12.0. The van der Waals surface area contributed by atoms with Crippen molar-refractivity contribution in [2.24, 2.45) is 0 Å². The molecule has 0 radical (unpaired) electrons. The Labute approximate surface area is 123 Å². The molecule has 1 aromatic rings. The maximum atomic E-state index is 5.41. The van der Waals surface area contributed by atoms with Crippen LogP contribution >= 0.6 is 15.9 Å². The smallest absolute Gasteiger partial charge is 0.159 e. The van der Waals surface area contributed by atoms with E-state index in [9.17, 15) is 0 Å². The highest BCUT2D eigenvalue weighted by Gasteiger charge is 2.17. The van der Waals surface area contributed by atoms with Crippen LogP contribution in [-0.4, -0.2) is 30.7 Å². The van der Waals surface area contributed by atoms with Crippen molar-refractivity contribution in [2.45, 2.75) is 39.4 Å². The first-order valence-electron chi connectivity index (χ1n) is 6.49. The Bertz CT molecular complexity index is 398. The fraction of sp³-hybridized carbons (Fsp3) is 0.692. The number of anilines is 1. The molecule has 6 heteroatoms. The van der Waals surface area contributed by atoms with Gasteiger partial charge in [0.2, 0.25) is 0 Å². The van der Waals surface area contributed by atoms with E-state index in [1.165, 1.54) is 0 Å². The lowest BCUT2D eigenvalue weighted by atomic mass is 10.2. The maximum absolute atomic E-state index is 5.41. The van der Waals surface area contributed by atoms with E-state index in [1.54, 1.807) is 14.2 Å². The van der Waals surface area contributed by atoms with Gasteiger partial charge in [0.1, 0.15) is 11.9 Å². The summed E-state index contributed by atoms with van der Waals surface area (Å²) >= 11 is 3.53. The largest absolute Gasteiger partial charge is 0.378 e. The third-order valence-corrected chi connectivity index (χ3v) is 3.54. The van der Waals surface area contributed by atoms with Gasteiger partial charge in [-0.2, -0.15) is 0 Å². The van der Waals surface area contributed by atoms with Gasteiger partial charge in [-0.25, -0.2) is 9.97 Å². The topological polar surface area (TPSA) is 56.3 Å². The van der Waals surface area contributed by atoms with Crippen molar-refractivity contribution >= 4 is 21.7 Å². The Balaban J connectivity index is 3.13. The van der Waals surface area contributed by atoms with Crippen molar-refractivity contribution in [3.8, 4) is 0 Å². The molecule has 108 valence electrons. The Kier molecular flexibility index (Phi) is 7.27. The van der Waals surface area contributed by atoms with Gasteiger partial charge < -0.3 is 14.8 Å². The highest BCUT2D eigenvalue weighted by atomic mass is 79.9. The van der Waals surface area contributed by atoms with Crippen molar-refractivity contribution in [2.75, 3.05) is 26.1 Å². The van der Waals surface area contributed by atoms with Crippen molar-refractivity contribution in [3.05, 3.63) is 16.0 Å². The van der Waals surface area contributed by atoms with Crippen LogP contribution in [0.3, 0.4) is 0 Å². The van der Waals surface area contributed by atoms with Gasteiger partial charge in [0.25, 0.3) is 0 Å². The quantitative estimate of drug-likeness (QED) is 0.791. The molecule has 19 heavy (non-hydrogen) atoms. The van der Waals surface area contributed by atoms with E-state index in [0.29, 0.717) is 12.4 Å². The van der Waals surface area contributed by atoms with Crippen LogP contribution in [0.25, 0.3) is 0 Å². The number of rotatable bonds is 8. The lowest BCUT2D eigenvalue weighted by molar-refractivity contribution is 0.0917. The third kappa shape index (κ3) is 4.40. The monoisotopic (exact) mass is 331 g/mol. The molecular weight excluding hydrogens is 310 g/mol. The maximum Gasteiger partial charge on any atom is 0.159 e. The van der Waals surface area contributed by atoms with Crippen LogP contribution in [0, 0.1) is 0 Å². The fourth-order valence-corrected chi connectivity index (χ4v) is 2.14. The number of halogens is 1. The van der Waals surface area contributed by atoms with Crippen molar-refractivity contribution in [1.29, 1.82) is 0 Å². The third-order valence-electron chi connectivity index (χ3n) is 2.70. The summed E-state index contributed by atoms with van der Waals surface area (Å²) < 4.78 is 11.4. The minimum atomic E-state index is -0.0918. The van der Waals surface area contributed by atoms with Crippen LogP contribution in [0.15, 0.2) is 4.47 Å². The number of methoxy groups -OCH3 is 2. The summed E-state index contributed by atoms with van der Waals surface area (Å²) in [5, 5.41) is 3.30. The molecule has 1 unspecified atom stereocenters. The molecule has 0 aromatic carbocycles. The Morgan fingerprint density at radius 1 is 1.26 bits per heavy atom. The number of hydrogen-bond acceptors (Lipinski definition) is 5. The van der Waals surface area contributed by atoms with Gasteiger partial charge in [-0.1, -0.05) is 13.8 Å². The first-order chi connectivity index (χ1) is 9.17. The van der Waals surface area contributed by atoms with E-state index < -0.39 is 0 Å². The van der Waals surface area contributed by atoms with Crippen LogP contribution in [0.2, 0.25) is 0 Å². The SMILES string of the molecule is CCCNc1nc(C(CC)OC)nc(COC)c1Br. The van der Waals surface area contributed by atoms with Gasteiger partial charge in [0.15, 0.2) is 5.82 Å². The molecule has 0 aliphatic rings. The molecule has 0 saturated heterocycles. The minimum absolute atomic E-state index is 0.0918. The molecule has 1 atom stereocenters. The molecule has 0 amide bonds. The molecule has 0 saturated carbocycles. The van der Waals surface area contributed by atoms with Crippen LogP contribution in [0.5, 0.6) is 0 Å². The van der Waals surface area contributed by atoms with Gasteiger partial charge in [0.05, 0.1) is 16.8 Å².